The minimum absolute atomic E-state index is 0.159. The van der Waals surface area contributed by atoms with E-state index in [-0.39, 0.29) is 10.2 Å². The van der Waals surface area contributed by atoms with Crippen molar-refractivity contribution in [1.82, 2.24) is 4.57 Å². The van der Waals surface area contributed by atoms with Crippen LogP contribution in [0.1, 0.15) is 44.2 Å². The zero-order chi connectivity index (χ0) is 16.0. The molecule has 1 aliphatic carbocycles. The second-order valence-corrected chi connectivity index (χ2v) is 7.50. The number of nitrogens with zero attached hydrogens (tertiary/aromatic N) is 2. The Bertz CT molecular complexity index is 616. The van der Waals surface area contributed by atoms with Crippen molar-refractivity contribution in [3.8, 4) is 0 Å². The van der Waals surface area contributed by atoms with Crippen LogP contribution in [0.2, 0.25) is 0 Å². The maximum atomic E-state index is 12.4. The summed E-state index contributed by atoms with van der Waals surface area (Å²) < 4.78 is 39.1. The van der Waals surface area contributed by atoms with Crippen LogP contribution in [-0.2, 0) is 16.8 Å². The van der Waals surface area contributed by atoms with Crippen LogP contribution in [0, 0.1) is 12.8 Å². The third-order valence-corrected chi connectivity index (χ3v) is 5.02. The number of hydrogen-bond donors (Lipinski definition) is 0. The fourth-order valence-corrected chi connectivity index (χ4v) is 3.39. The summed E-state index contributed by atoms with van der Waals surface area (Å²) in [6, 6.07) is 0. The van der Waals surface area contributed by atoms with Crippen molar-refractivity contribution in [2.45, 2.75) is 58.7 Å². The van der Waals surface area contributed by atoms with E-state index in [4.69, 9.17) is 0 Å². The molecule has 0 unspecified atom stereocenters. The van der Waals surface area contributed by atoms with E-state index < -0.39 is 12.1 Å². The lowest BCUT2D eigenvalue weighted by molar-refractivity contribution is -0.169. The maximum Gasteiger partial charge on any atom is 0.473 e. The highest BCUT2D eigenvalue weighted by Gasteiger charge is 2.39. The molecule has 118 valence electrons. The van der Waals surface area contributed by atoms with E-state index in [9.17, 15) is 18.0 Å². The predicted molar refractivity (Wildman–Crippen MR) is 75.1 cm³/mol. The number of thiazole rings is 1. The molecule has 1 aliphatic rings. The minimum Gasteiger partial charge on any atom is -0.320 e. The van der Waals surface area contributed by atoms with Gasteiger partial charge < -0.3 is 4.57 Å². The van der Waals surface area contributed by atoms with Gasteiger partial charge in [0.15, 0.2) is 4.80 Å². The van der Waals surface area contributed by atoms with Crippen molar-refractivity contribution in [2.24, 2.45) is 10.9 Å². The second kappa shape index (κ2) is 5.26. The summed E-state index contributed by atoms with van der Waals surface area (Å²) in [7, 11) is 0. The highest BCUT2D eigenvalue weighted by atomic mass is 32.1. The number of rotatable bonds is 2. The Morgan fingerprint density at radius 2 is 1.90 bits per heavy atom. The molecule has 1 aromatic heterocycles. The molecule has 3 nitrogen and oxygen atoms in total. The molecular formula is C14H19F3N2OS. The summed E-state index contributed by atoms with van der Waals surface area (Å²) in [4.78, 5) is 15.6. The summed E-state index contributed by atoms with van der Waals surface area (Å²) in [6.07, 6.45) is -2.75. The smallest absolute Gasteiger partial charge is 0.320 e. The summed E-state index contributed by atoms with van der Waals surface area (Å²) in [5.74, 6) is -1.54. The molecule has 2 rings (SSSR count). The third kappa shape index (κ3) is 3.75. The molecule has 0 spiro atoms. The molecule has 21 heavy (non-hydrogen) atoms. The van der Waals surface area contributed by atoms with Gasteiger partial charge in [-0.2, -0.15) is 18.2 Å². The van der Waals surface area contributed by atoms with E-state index in [0.29, 0.717) is 12.5 Å². The van der Waals surface area contributed by atoms with Crippen LogP contribution in [0.15, 0.2) is 4.99 Å². The Morgan fingerprint density at radius 1 is 1.33 bits per heavy atom. The van der Waals surface area contributed by atoms with Gasteiger partial charge in [0.1, 0.15) is 0 Å². The van der Waals surface area contributed by atoms with Gasteiger partial charge in [-0.25, -0.2) is 0 Å². The van der Waals surface area contributed by atoms with E-state index in [2.05, 4.69) is 4.99 Å². The third-order valence-electron chi connectivity index (χ3n) is 3.42. The van der Waals surface area contributed by atoms with E-state index in [1.807, 2.05) is 27.7 Å². The van der Waals surface area contributed by atoms with Crippen molar-refractivity contribution in [3.05, 3.63) is 15.4 Å². The van der Waals surface area contributed by atoms with Crippen LogP contribution in [0.25, 0.3) is 0 Å². The molecule has 0 radical (unpaired) electrons. The lowest BCUT2D eigenvalue weighted by atomic mass is 9.93. The number of carbonyl (C=O) groups is 1. The lowest BCUT2D eigenvalue weighted by Crippen LogP contribution is -2.26. The number of hydrogen-bond acceptors (Lipinski definition) is 2. The number of carbonyl (C=O) groups excluding carboxylic acids is 1. The molecule has 0 aromatic carbocycles. The molecule has 0 atom stereocenters. The number of aromatic nitrogens is 1. The highest BCUT2D eigenvalue weighted by Crippen LogP contribution is 2.33. The second-order valence-electron chi connectivity index (χ2n) is 6.52. The van der Waals surface area contributed by atoms with Crippen molar-refractivity contribution < 1.29 is 18.0 Å². The first kappa shape index (κ1) is 16.3. The minimum atomic E-state index is -4.92. The molecule has 7 heteroatoms. The Labute approximate surface area is 125 Å². The first-order chi connectivity index (χ1) is 9.50. The van der Waals surface area contributed by atoms with Crippen LogP contribution in [0.5, 0.6) is 0 Å². The Balaban J connectivity index is 2.52. The Morgan fingerprint density at radius 3 is 2.33 bits per heavy atom. The van der Waals surface area contributed by atoms with Gasteiger partial charge >= 0.3 is 12.1 Å². The largest absolute Gasteiger partial charge is 0.473 e. The van der Waals surface area contributed by atoms with Crippen LogP contribution in [-0.4, -0.2) is 16.7 Å². The van der Waals surface area contributed by atoms with Gasteiger partial charge in [-0.15, -0.1) is 11.3 Å². The van der Waals surface area contributed by atoms with Crippen LogP contribution >= 0.6 is 11.3 Å². The van der Waals surface area contributed by atoms with E-state index in [1.54, 1.807) is 4.57 Å². The van der Waals surface area contributed by atoms with Gasteiger partial charge in [-0.1, -0.05) is 20.8 Å². The number of alkyl halides is 3. The molecule has 0 N–H and O–H groups in total. The zero-order valence-corrected chi connectivity index (χ0v) is 13.4. The average Bonchev–Trinajstić information content (AvgIpc) is 3.06. The van der Waals surface area contributed by atoms with Crippen molar-refractivity contribution in [1.29, 1.82) is 0 Å². The van der Waals surface area contributed by atoms with Crippen molar-refractivity contribution in [2.75, 3.05) is 0 Å². The molecular weight excluding hydrogens is 301 g/mol. The van der Waals surface area contributed by atoms with Gasteiger partial charge in [-0.3, -0.25) is 4.79 Å². The molecule has 1 heterocycles. The number of halogens is 3. The molecule has 0 bridgehead atoms. The first-order valence-electron chi connectivity index (χ1n) is 6.86. The molecule has 1 saturated carbocycles. The Kier molecular flexibility index (Phi) is 4.08. The molecule has 1 amide bonds. The summed E-state index contributed by atoms with van der Waals surface area (Å²) in [6.45, 7) is 8.53. The maximum absolute atomic E-state index is 12.4. The number of amides is 1. The summed E-state index contributed by atoms with van der Waals surface area (Å²) >= 11 is 1.18. The SMILES string of the molecule is Cc1c(C(C)(C)C)s/c(=N\C(=O)C(F)(F)F)n1CC1CC1. The van der Waals surface area contributed by atoms with Crippen LogP contribution in [0.3, 0.4) is 0 Å². The first-order valence-corrected chi connectivity index (χ1v) is 7.68. The quantitative estimate of drug-likeness (QED) is 0.820. The summed E-state index contributed by atoms with van der Waals surface area (Å²) in [5.41, 5.74) is 0.725. The topological polar surface area (TPSA) is 34.4 Å². The van der Waals surface area contributed by atoms with Gasteiger partial charge in [0, 0.05) is 17.1 Å². The monoisotopic (exact) mass is 320 g/mol. The van der Waals surface area contributed by atoms with E-state index in [0.717, 1.165) is 23.4 Å². The molecule has 1 fully saturated rings. The van der Waals surface area contributed by atoms with Gasteiger partial charge in [0.25, 0.3) is 0 Å². The van der Waals surface area contributed by atoms with E-state index >= 15 is 0 Å². The average molecular weight is 320 g/mol. The summed E-state index contributed by atoms with van der Waals surface area (Å²) in [5, 5.41) is 0. The highest BCUT2D eigenvalue weighted by molar-refractivity contribution is 7.09. The standard InChI is InChI=1S/C14H19F3N2OS/c1-8-10(13(2,3)4)21-12(18-11(20)14(15,16)17)19(8)7-9-5-6-9/h9H,5-7H2,1-4H3/b18-12-. The predicted octanol–water partition coefficient (Wildman–Crippen LogP) is 3.56. The van der Waals surface area contributed by atoms with Crippen molar-refractivity contribution in [3.63, 3.8) is 0 Å². The fraction of sp³-hybridized carbons (Fsp3) is 0.714. The van der Waals surface area contributed by atoms with E-state index in [1.165, 1.54) is 11.3 Å². The molecule has 1 aromatic rings. The molecule has 0 saturated heterocycles. The normalized spacial score (nSPS) is 17.4. The fourth-order valence-electron chi connectivity index (χ4n) is 2.19. The lowest BCUT2D eigenvalue weighted by Gasteiger charge is -2.17. The van der Waals surface area contributed by atoms with Gasteiger partial charge in [0.2, 0.25) is 0 Å². The van der Waals surface area contributed by atoms with Gasteiger partial charge in [0.05, 0.1) is 0 Å². The van der Waals surface area contributed by atoms with Gasteiger partial charge in [-0.05, 0) is 31.1 Å². The molecule has 0 aliphatic heterocycles. The Hall–Kier alpha value is -1.11. The van der Waals surface area contributed by atoms with Crippen LogP contribution < -0.4 is 4.80 Å². The van der Waals surface area contributed by atoms with Crippen molar-refractivity contribution >= 4 is 17.2 Å². The zero-order valence-electron chi connectivity index (χ0n) is 12.5. The van der Waals surface area contributed by atoms with Crippen LogP contribution in [0.4, 0.5) is 13.2 Å².